The zero-order valence-corrected chi connectivity index (χ0v) is 13.3. The Morgan fingerprint density at radius 3 is 2.05 bits per heavy atom. The molecular weight excluding hydrogens is 256 g/mol. The van der Waals surface area contributed by atoms with Gasteiger partial charge in [-0.15, -0.1) is 0 Å². The fourth-order valence-corrected chi connectivity index (χ4v) is 1.54. The molecule has 4 nitrogen and oxygen atoms in total. The maximum absolute atomic E-state index is 11.4. The number of unbranched alkanes of at least 4 members (excludes halogenated alkanes) is 3. The Morgan fingerprint density at radius 1 is 0.900 bits per heavy atom. The second kappa shape index (κ2) is 12.9. The predicted molar refractivity (Wildman–Crippen MR) is 79.4 cm³/mol. The summed E-state index contributed by atoms with van der Waals surface area (Å²) in [4.78, 5) is 22.7. The molecule has 1 unspecified atom stereocenters. The summed E-state index contributed by atoms with van der Waals surface area (Å²) >= 11 is 0. The van der Waals surface area contributed by atoms with Crippen LogP contribution in [0.15, 0.2) is 0 Å². The lowest BCUT2D eigenvalue weighted by atomic mass is 10.1. The van der Waals surface area contributed by atoms with E-state index in [4.69, 9.17) is 9.47 Å². The molecule has 0 fully saturated rings. The fourth-order valence-electron chi connectivity index (χ4n) is 1.54. The average molecular weight is 286 g/mol. The Bertz CT molecular complexity index is 263. The van der Waals surface area contributed by atoms with E-state index >= 15 is 0 Å². The summed E-state index contributed by atoms with van der Waals surface area (Å²) < 4.78 is 10.2. The second-order valence-corrected chi connectivity index (χ2v) is 5.33. The van der Waals surface area contributed by atoms with E-state index < -0.39 is 0 Å². The van der Waals surface area contributed by atoms with E-state index in [1.54, 1.807) is 0 Å². The van der Waals surface area contributed by atoms with Gasteiger partial charge < -0.3 is 9.47 Å². The molecule has 0 aliphatic heterocycles. The average Bonchev–Trinajstić information content (AvgIpc) is 2.44. The van der Waals surface area contributed by atoms with Crippen LogP contribution >= 0.6 is 0 Å². The lowest BCUT2D eigenvalue weighted by Crippen LogP contribution is -2.11. The molecule has 1 atom stereocenters. The molecular formula is C16H30O4. The van der Waals surface area contributed by atoms with Gasteiger partial charge in [0.1, 0.15) is 0 Å². The van der Waals surface area contributed by atoms with Crippen LogP contribution < -0.4 is 0 Å². The molecule has 0 aromatic rings. The number of ether oxygens (including phenoxy) is 2. The van der Waals surface area contributed by atoms with Gasteiger partial charge in [0.2, 0.25) is 0 Å². The van der Waals surface area contributed by atoms with Crippen molar-refractivity contribution in [3.8, 4) is 0 Å². The molecule has 0 aromatic carbocycles. The number of rotatable bonds is 12. The molecule has 0 N–H and O–H groups in total. The van der Waals surface area contributed by atoms with Crippen molar-refractivity contribution in [3.63, 3.8) is 0 Å². The van der Waals surface area contributed by atoms with Crippen molar-refractivity contribution in [2.24, 2.45) is 5.92 Å². The molecule has 0 radical (unpaired) electrons. The van der Waals surface area contributed by atoms with Gasteiger partial charge in [-0.2, -0.15) is 0 Å². The molecule has 0 spiro atoms. The number of hydrogen-bond donors (Lipinski definition) is 0. The fraction of sp³-hybridized carbons (Fsp3) is 0.875. The topological polar surface area (TPSA) is 52.6 Å². The quantitative estimate of drug-likeness (QED) is 0.404. The number of esters is 2. The summed E-state index contributed by atoms with van der Waals surface area (Å²) in [6, 6.07) is 0. The lowest BCUT2D eigenvalue weighted by Gasteiger charge is -2.09. The molecule has 0 aromatic heterocycles. The minimum absolute atomic E-state index is 0.127. The first-order valence-corrected chi connectivity index (χ1v) is 7.91. The Balaban J connectivity index is 3.38. The summed E-state index contributed by atoms with van der Waals surface area (Å²) in [6.07, 6.45) is 6.30. The number of carbonyl (C=O) groups excluding carboxylic acids is 2. The van der Waals surface area contributed by atoms with Crippen molar-refractivity contribution in [3.05, 3.63) is 0 Å². The zero-order chi connectivity index (χ0) is 15.2. The van der Waals surface area contributed by atoms with Crippen LogP contribution in [-0.4, -0.2) is 25.2 Å². The first-order chi connectivity index (χ1) is 9.60. The van der Waals surface area contributed by atoms with Crippen LogP contribution in [0.4, 0.5) is 0 Å². The van der Waals surface area contributed by atoms with Gasteiger partial charge >= 0.3 is 11.9 Å². The normalized spacial score (nSPS) is 11.9. The van der Waals surface area contributed by atoms with E-state index in [2.05, 4.69) is 20.8 Å². The van der Waals surface area contributed by atoms with Crippen LogP contribution in [0.3, 0.4) is 0 Å². The summed E-state index contributed by atoms with van der Waals surface area (Å²) in [5.41, 5.74) is 0. The maximum Gasteiger partial charge on any atom is 0.305 e. The highest BCUT2D eigenvalue weighted by atomic mass is 16.5. The summed E-state index contributed by atoms with van der Waals surface area (Å²) in [6.45, 7) is 7.25. The van der Waals surface area contributed by atoms with Gasteiger partial charge in [-0.1, -0.05) is 40.0 Å². The van der Waals surface area contributed by atoms with Crippen molar-refractivity contribution in [2.45, 2.75) is 72.1 Å². The SMILES string of the molecule is CCCCOC(=O)CCCCCC(=O)OCC(C)CC. The van der Waals surface area contributed by atoms with E-state index in [-0.39, 0.29) is 11.9 Å². The molecule has 0 bridgehead atoms. The van der Waals surface area contributed by atoms with E-state index in [1.165, 1.54) is 0 Å². The first kappa shape index (κ1) is 18.9. The third kappa shape index (κ3) is 12.0. The summed E-state index contributed by atoms with van der Waals surface area (Å²) in [7, 11) is 0. The van der Waals surface area contributed by atoms with Crippen molar-refractivity contribution in [2.75, 3.05) is 13.2 Å². The smallest absolute Gasteiger partial charge is 0.305 e. The van der Waals surface area contributed by atoms with E-state index in [1.807, 2.05) is 0 Å². The predicted octanol–water partition coefficient (Wildman–Crippen LogP) is 3.87. The molecule has 4 heteroatoms. The molecule has 20 heavy (non-hydrogen) atoms. The van der Waals surface area contributed by atoms with Gasteiger partial charge in [0.25, 0.3) is 0 Å². The third-order valence-electron chi connectivity index (χ3n) is 3.25. The Labute approximate surface area is 123 Å². The number of carbonyl (C=O) groups is 2. The van der Waals surface area contributed by atoms with Gasteiger partial charge in [-0.25, -0.2) is 0 Å². The standard InChI is InChI=1S/C16H30O4/c1-4-6-12-19-15(17)10-8-7-9-11-16(18)20-13-14(3)5-2/h14H,4-13H2,1-3H3. The summed E-state index contributed by atoms with van der Waals surface area (Å²) in [5, 5.41) is 0. The Morgan fingerprint density at radius 2 is 1.50 bits per heavy atom. The molecule has 118 valence electrons. The van der Waals surface area contributed by atoms with Gasteiger partial charge in [-0.05, 0) is 25.2 Å². The minimum atomic E-state index is -0.129. The van der Waals surface area contributed by atoms with Crippen molar-refractivity contribution in [1.29, 1.82) is 0 Å². The largest absolute Gasteiger partial charge is 0.466 e. The lowest BCUT2D eigenvalue weighted by molar-refractivity contribution is -0.145. The van der Waals surface area contributed by atoms with E-state index in [0.717, 1.165) is 38.5 Å². The van der Waals surface area contributed by atoms with Crippen LogP contribution in [0.25, 0.3) is 0 Å². The maximum atomic E-state index is 11.4. The highest BCUT2D eigenvalue weighted by Crippen LogP contribution is 2.07. The molecule has 0 rings (SSSR count). The Kier molecular flexibility index (Phi) is 12.3. The molecule has 0 saturated heterocycles. The van der Waals surface area contributed by atoms with Crippen LogP contribution in [0.2, 0.25) is 0 Å². The minimum Gasteiger partial charge on any atom is -0.466 e. The molecule has 0 heterocycles. The van der Waals surface area contributed by atoms with Gasteiger partial charge in [-0.3, -0.25) is 9.59 Å². The highest BCUT2D eigenvalue weighted by Gasteiger charge is 2.06. The van der Waals surface area contributed by atoms with Gasteiger partial charge in [0.05, 0.1) is 13.2 Å². The van der Waals surface area contributed by atoms with Crippen molar-refractivity contribution < 1.29 is 19.1 Å². The van der Waals surface area contributed by atoms with Gasteiger partial charge in [0.15, 0.2) is 0 Å². The molecule has 0 aliphatic carbocycles. The molecule has 0 aliphatic rings. The summed E-state index contributed by atoms with van der Waals surface area (Å²) in [5.74, 6) is 0.172. The van der Waals surface area contributed by atoms with Crippen LogP contribution in [0, 0.1) is 5.92 Å². The monoisotopic (exact) mass is 286 g/mol. The molecule has 0 saturated carbocycles. The Hall–Kier alpha value is -1.06. The van der Waals surface area contributed by atoms with Crippen molar-refractivity contribution in [1.82, 2.24) is 0 Å². The second-order valence-electron chi connectivity index (χ2n) is 5.33. The van der Waals surface area contributed by atoms with E-state index in [9.17, 15) is 9.59 Å². The van der Waals surface area contributed by atoms with Crippen LogP contribution in [0.5, 0.6) is 0 Å². The number of hydrogen-bond acceptors (Lipinski definition) is 4. The van der Waals surface area contributed by atoms with Crippen LogP contribution in [-0.2, 0) is 19.1 Å². The van der Waals surface area contributed by atoms with Crippen molar-refractivity contribution >= 4 is 11.9 Å². The van der Waals surface area contributed by atoms with Gasteiger partial charge in [0, 0.05) is 12.8 Å². The van der Waals surface area contributed by atoms with Crippen LogP contribution in [0.1, 0.15) is 72.1 Å². The zero-order valence-electron chi connectivity index (χ0n) is 13.3. The molecule has 0 amide bonds. The third-order valence-corrected chi connectivity index (χ3v) is 3.25. The first-order valence-electron chi connectivity index (χ1n) is 7.91. The highest BCUT2D eigenvalue weighted by molar-refractivity contribution is 5.69. The van der Waals surface area contributed by atoms with E-state index in [0.29, 0.717) is 32.0 Å².